The van der Waals surface area contributed by atoms with Gasteiger partial charge in [-0.3, -0.25) is 4.79 Å². The van der Waals surface area contributed by atoms with Gasteiger partial charge in [-0.1, -0.05) is 0 Å². The summed E-state index contributed by atoms with van der Waals surface area (Å²) in [6.07, 6.45) is 3.34. The lowest BCUT2D eigenvalue weighted by atomic mass is 10.2. The topological polar surface area (TPSA) is 54.5 Å². The first-order chi connectivity index (χ1) is 8.37. The summed E-state index contributed by atoms with van der Waals surface area (Å²) in [5.74, 6) is 0.0585. The maximum atomic E-state index is 12.2. The molecule has 6 heteroatoms. The van der Waals surface area contributed by atoms with Crippen LogP contribution in [-0.4, -0.2) is 38.6 Å². The number of rotatable bonds is 3. The fourth-order valence-corrected chi connectivity index (χ4v) is 4.09. The first kappa shape index (κ1) is 13.5. The second kappa shape index (κ2) is 5.01. The maximum absolute atomic E-state index is 12.2. The zero-order chi connectivity index (χ0) is 13.3. The molecule has 1 saturated heterocycles. The lowest BCUT2D eigenvalue weighted by molar-refractivity contribution is 0.0797. The van der Waals surface area contributed by atoms with E-state index in [0.717, 1.165) is 36.4 Å². The summed E-state index contributed by atoms with van der Waals surface area (Å²) in [6.45, 7) is 3.50. The molecule has 18 heavy (non-hydrogen) atoms. The smallest absolute Gasteiger partial charge is 0.263 e. The van der Waals surface area contributed by atoms with Crippen molar-refractivity contribution in [3.63, 3.8) is 0 Å². The highest BCUT2D eigenvalue weighted by Gasteiger charge is 2.22. The SMILES string of the molecule is Cc1sc(C(=O)N2CCCC2)cc1CS(C)(=O)=O. The minimum Gasteiger partial charge on any atom is -0.338 e. The van der Waals surface area contributed by atoms with Crippen LogP contribution in [0, 0.1) is 6.92 Å². The van der Waals surface area contributed by atoms with Crippen LogP contribution < -0.4 is 0 Å². The summed E-state index contributed by atoms with van der Waals surface area (Å²) in [4.78, 5) is 15.6. The fraction of sp³-hybridized carbons (Fsp3) is 0.583. The minimum atomic E-state index is -3.05. The molecule has 100 valence electrons. The van der Waals surface area contributed by atoms with Gasteiger partial charge in [0.05, 0.1) is 10.6 Å². The molecule has 0 bridgehead atoms. The van der Waals surface area contributed by atoms with Crippen LogP contribution in [0.2, 0.25) is 0 Å². The fourth-order valence-electron chi connectivity index (χ4n) is 2.13. The molecule has 0 atom stereocenters. The molecule has 1 aliphatic heterocycles. The van der Waals surface area contributed by atoms with E-state index in [1.165, 1.54) is 17.6 Å². The van der Waals surface area contributed by atoms with Crippen LogP contribution in [-0.2, 0) is 15.6 Å². The van der Waals surface area contributed by atoms with Crippen LogP contribution in [0.15, 0.2) is 6.07 Å². The molecule has 1 fully saturated rings. The Labute approximate surface area is 112 Å². The van der Waals surface area contributed by atoms with Crippen molar-refractivity contribution in [2.45, 2.75) is 25.5 Å². The molecule has 0 saturated carbocycles. The summed E-state index contributed by atoms with van der Waals surface area (Å²) < 4.78 is 22.6. The zero-order valence-corrected chi connectivity index (χ0v) is 12.2. The summed E-state index contributed by atoms with van der Waals surface area (Å²) >= 11 is 1.39. The number of likely N-dealkylation sites (tertiary alicyclic amines) is 1. The molecule has 1 aromatic heterocycles. The first-order valence-corrected chi connectivity index (χ1v) is 8.81. The summed E-state index contributed by atoms with van der Waals surface area (Å²) in [6, 6.07) is 1.74. The third kappa shape index (κ3) is 3.11. The second-order valence-corrected chi connectivity index (χ2v) is 8.16. The Hall–Kier alpha value is -0.880. The van der Waals surface area contributed by atoms with Crippen molar-refractivity contribution >= 4 is 27.1 Å². The molecule has 1 amide bonds. The van der Waals surface area contributed by atoms with Gasteiger partial charge in [-0.2, -0.15) is 0 Å². The van der Waals surface area contributed by atoms with Gasteiger partial charge in [0.15, 0.2) is 9.84 Å². The number of nitrogens with zero attached hydrogens (tertiary/aromatic N) is 1. The monoisotopic (exact) mass is 287 g/mol. The Bertz CT molecular complexity index is 554. The summed E-state index contributed by atoms with van der Waals surface area (Å²) in [5, 5.41) is 0. The van der Waals surface area contributed by atoms with Gasteiger partial charge < -0.3 is 4.90 Å². The van der Waals surface area contributed by atoms with Gasteiger partial charge in [-0.05, 0) is 31.4 Å². The number of thiophene rings is 1. The standard InChI is InChI=1S/C12H17NO3S2/c1-9-10(8-18(2,15)16)7-11(17-9)12(14)13-5-3-4-6-13/h7H,3-6,8H2,1-2H3. The number of aryl methyl sites for hydroxylation is 1. The van der Waals surface area contributed by atoms with Crippen LogP contribution >= 0.6 is 11.3 Å². The van der Waals surface area contributed by atoms with E-state index in [4.69, 9.17) is 0 Å². The molecule has 4 nitrogen and oxygen atoms in total. The molecule has 0 radical (unpaired) electrons. The van der Waals surface area contributed by atoms with Crippen LogP contribution in [0.1, 0.15) is 33.0 Å². The summed E-state index contributed by atoms with van der Waals surface area (Å²) in [5.41, 5.74) is 0.755. The van der Waals surface area contributed by atoms with Gasteiger partial charge in [-0.25, -0.2) is 8.42 Å². The zero-order valence-electron chi connectivity index (χ0n) is 10.6. The first-order valence-electron chi connectivity index (χ1n) is 5.93. The Morgan fingerprint density at radius 1 is 1.39 bits per heavy atom. The number of hydrogen-bond acceptors (Lipinski definition) is 4. The van der Waals surface area contributed by atoms with Gasteiger partial charge in [-0.15, -0.1) is 11.3 Å². The Morgan fingerprint density at radius 2 is 2.00 bits per heavy atom. The van der Waals surface area contributed by atoms with Crippen molar-refractivity contribution < 1.29 is 13.2 Å². The molecular formula is C12H17NO3S2. The van der Waals surface area contributed by atoms with Gasteiger partial charge in [0, 0.05) is 24.2 Å². The molecule has 0 spiro atoms. The van der Waals surface area contributed by atoms with Crippen LogP contribution in [0.25, 0.3) is 0 Å². The third-order valence-corrected chi connectivity index (χ3v) is 4.96. The molecule has 2 rings (SSSR count). The van der Waals surface area contributed by atoms with Crippen molar-refractivity contribution in [1.29, 1.82) is 0 Å². The van der Waals surface area contributed by atoms with Gasteiger partial charge in [0.1, 0.15) is 0 Å². The molecule has 0 aromatic carbocycles. The minimum absolute atomic E-state index is 0.0165. The lowest BCUT2D eigenvalue weighted by Gasteiger charge is -2.13. The van der Waals surface area contributed by atoms with Crippen LogP contribution in [0.5, 0.6) is 0 Å². The normalized spacial score (nSPS) is 16.2. The molecule has 2 heterocycles. The number of amides is 1. The van der Waals surface area contributed by atoms with Crippen molar-refractivity contribution in [2.75, 3.05) is 19.3 Å². The van der Waals surface area contributed by atoms with E-state index < -0.39 is 9.84 Å². The number of hydrogen-bond donors (Lipinski definition) is 0. The van der Waals surface area contributed by atoms with E-state index in [1.54, 1.807) is 6.07 Å². The Balaban J connectivity index is 2.20. The molecule has 1 aliphatic rings. The maximum Gasteiger partial charge on any atom is 0.263 e. The van der Waals surface area contributed by atoms with E-state index in [2.05, 4.69) is 0 Å². The Kier molecular flexibility index (Phi) is 3.77. The van der Waals surface area contributed by atoms with E-state index in [0.29, 0.717) is 4.88 Å². The van der Waals surface area contributed by atoms with Crippen LogP contribution in [0.4, 0.5) is 0 Å². The number of carbonyl (C=O) groups is 1. The van der Waals surface area contributed by atoms with E-state index in [-0.39, 0.29) is 11.7 Å². The second-order valence-electron chi connectivity index (χ2n) is 4.76. The lowest BCUT2D eigenvalue weighted by Crippen LogP contribution is -2.26. The van der Waals surface area contributed by atoms with Gasteiger partial charge in [0.2, 0.25) is 0 Å². The van der Waals surface area contributed by atoms with Crippen molar-refractivity contribution in [3.05, 3.63) is 21.4 Å². The summed E-state index contributed by atoms with van der Waals surface area (Å²) in [7, 11) is -3.05. The van der Waals surface area contributed by atoms with Gasteiger partial charge in [0.25, 0.3) is 5.91 Å². The molecule has 0 N–H and O–H groups in total. The molecular weight excluding hydrogens is 270 g/mol. The Morgan fingerprint density at radius 3 is 2.56 bits per heavy atom. The number of sulfone groups is 1. The van der Waals surface area contributed by atoms with Crippen molar-refractivity contribution in [2.24, 2.45) is 0 Å². The van der Waals surface area contributed by atoms with E-state index in [1.807, 2.05) is 11.8 Å². The third-order valence-electron chi connectivity index (χ3n) is 3.04. The van der Waals surface area contributed by atoms with Gasteiger partial charge >= 0.3 is 0 Å². The predicted molar refractivity (Wildman–Crippen MR) is 72.7 cm³/mol. The van der Waals surface area contributed by atoms with Crippen LogP contribution in [0.3, 0.4) is 0 Å². The number of carbonyl (C=O) groups excluding carboxylic acids is 1. The highest BCUT2D eigenvalue weighted by atomic mass is 32.2. The highest BCUT2D eigenvalue weighted by Crippen LogP contribution is 2.25. The van der Waals surface area contributed by atoms with Crippen molar-refractivity contribution in [1.82, 2.24) is 4.90 Å². The highest BCUT2D eigenvalue weighted by molar-refractivity contribution is 7.89. The van der Waals surface area contributed by atoms with E-state index in [9.17, 15) is 13.2 Å². The average molecular weight is 287 g/mol. The average Bonchev–Trinajstić information content (AvgIpc) is 2.86. The predicted octanol–water partition coefficient (Wildman–Crippen LogP) is 1.84. The van der Waals surface area contributed by atoms with Crippen molar-refractivity contribution in [3.8, 4) is 0 Å². The largest absolute Gasteiger partial charge is 0.338 e. The molecule has 1 aromatic rings. The molecule has 0 unspecified atom stereocenters. The molecule has 0 aliphatic carbocycles. The van der Waals surface area contributed by atoms with E-state index >= 15 is 0 Å². The quantitative estimate of drug-likeness (QED) is 0.852.